The highest BCUT2D eigenvalue weighted by Gasteiger charge is 2.29. The van der Waals surface area contributed by atoms with E-state index in [1.165, 1.54) is 5.56 Å². The van der Waals surface area contributed by atoms with Gasteiger partial charge in [-0.2, -0.15) is 4.98 Å². The average molecular weight is 363 g/mol. The number of aryl methyl sites for hydroxylation is 1. The van der Waals surface area contributed by atoms with Crippen LogP contribution in [0.4, 0.5) is 11.5 Å². The maximum Gasteiger partial charge on any atom is 0.231 e. The predicted molar refractivity (Wildman–Crippen MR) is 103 cm³/mol. The molecule has 1 aliphatic rings. The maximum atomic E-state index is 7.52. The van der Waals surface area contributed by atoms with E-state index in [9.17, 15) is 0 Å². The van der Waals surface area contributed by atoms with Gasteiger partial charge in [0.15, 0.2) is 5.96 Å². The van der Waals surface area contributed by atoms with Crippen LogP contribution in [0.25, 0.3) is 11.4 Å². The predicted octanol–water partition coefficient (Wildman–Crippen LogP) is 2.87. The summed E-state index contributed by atoms with van der Waals surface area (Å²) in [7, 11) is 0. The van der Waals surface area contributed by atoms with Crippen molar-refractivity contribution in [3.8, 4) is 11.4 Å². The molecular weight excluding hydrogens is 342 g/mol. The third kappa shape index (κ3) is 3.74. The summed E-state index contributed by atoms with van der Waals surface area (Å²) in [6, 6.07) is 11.9. The monoisotopic (exact) mass is 363 g/mol. The number of hydrogen-bond donors (Lipinski definition) is 3. The van der Waals surface area contributed by atoms with E-state index in [2.05, 4.69) is 27.4 Å². The highest BCUT2D eigenvalue weighted by atomic mass is 16.5. The van der Waals surface area contributed by atoms with Crippen LogP contribution < -0.4 is 11.1 Å². The number of rotatable bonds is 4. The Balaban J connectivity index is 1.44. The molecule has 0 aliphatic carbocycles. The SMILES string of the molecule is Cc1ccc(Nc2ccc(-c3noc([C@@H]4CCN(C(=N)N)C4)n3)cn2)cc1. The topological polar surface area (TPSA) is 117 Å². The second kappa shape index (κ2) is 7.06. The molecular formula is C19H21N7O. The molecule has 1 fully saturated rings. The molecule has 0 spiro atoms. The van der Waals surface area contributed by atoms with E-state index in [1.54, 1.807) is 6.20 Å². The highest BCUT2D eigenvalue weighted by Crippen LogP contribution is 2.27. The third-order valence-corrected chi connectivity index (χ3v) is 4.67. The number of likely N-dealkylation sites (tertiary alicyclic amines) is 1. The van der Waals surface area contributed by atoms with Crippen LogP contribution in [0.5, 0.6) is 0 Å². The van der Waals surface area contributed by atoms with Gasteiger partial charge in [0.05, 0.1) is 5.92 Å². The molecule has 0 saturated carbocycles. The van der Waals surface area contributed by atoms with Crippen molar-refractivity contribution in [1.29, 1.82) is 5.41 Å². The Morgan fingerprint density at radius 2 is 2.07 bits per heavy atom. The number of nitrogens with one attached hydrogen (secondary N) is 2. The standard InChI is InChI=1S/C19H21N7O/c1-12-2-5-15(6-3-12)23-16-7-4-13(10-22-16)17-24-18(27-25-17)14-8-9-26(11-14)19(20)21/h2-7,10,14H,8-9,11H2,1H3,(H3,20,21)(H,22,23)/t14-/m1/s1. The minimum absolute atomic E-state index is 0.0816. The van der Waals surface area contributed by atoms with Gasteiger partial charge >= 0.3 is 0 Å². The fourth-order valence-corrected chi connectivity index (χ4v) is 3.08. The first-order valence-electron chi connectivity index (χ1n) is 8.81. The maximum absolute atomic E-state index is 7.52. The number of guanidine groups is 1. The fraction of sp³-hybridized carbons (Fsp3) is 0.263. The molecule has 0 bridgehead atoms. The van der Waals surface area contributed by atoms with Crippen molar-refractivity contribution in [3.05, 3.63) is 54.0 Å². The lowest BCUT2D eigenvalue weighted by Crippen LogP contribution is -2.34. The Kier molecular flexibility index (Phi) is 4.45. The second-order valence-corrected chi connectivity index (χ2v) is 6.70. The summed E-state index contributed by atoms with van der Waals surface area (Å²) < 4.78 is 5.43. The average Bonchev–Trinajstić information content (AvgIpc) is 3.34. The molecule has 3 heterocycles. The largest absolute Gasteiger partial charge is 0.370 e. The van der Waals surface area contributed by atoms with E-state index in [-0.39, 0.29) is 11.9 Å². The normalized spacial score (nSPS) is 16.5. The van der Waals surface area contributed by atoms with E-state index in [0.717, 1.165) is 30.0 Å². The van der Waals surface area contributed by atoms with Gasteiger partial charge in [0.1, 0.15) is 5.82 Å². The van der Waals surface area contributed by atoms with E-state index >= 15 is 0 Å². The van der Waals surface area contributed by atoms with E-state index < -0.39 is 0 Å². The summed E-state index contributed by atoms with van der Waals surface area (Å²) in [6.07, 6.45) is 2.57. The van der Waals surface area contributed by atoms with Crippen LogP contribution in [0, 0.1) is 12.3 Å². The number of nitrogens with two attached hydrogens (primary N) is 1. The zero-order valence-corrected chi connectivity index (χ0v) is 15.0. The molecule has 0 amide bonds. The van der Waals surface area contributed by atoms with Gasteiger partial charge in [-0.25, -0.2) is 4.98 Å². The number of aromatic nitrogens is 3. The van der Waals surface area contributed by atoms with Gasteiger partial charge in [-0.3, -0.25) is 5.41 Å². The molecule has 0 radical (unpaired) electrons. The number of anilines is 2. The van der Waals surface area contributed by atoms with Gasteiger partial charge in [-0.15, -0.1) is 0 Å². The molecule has 4 rings (SSSR count). The molecule has 1 atom stereocenters. The van der Waals surface area contributed by atoms with Crippen LogP contribution in [0.3, 0.4) is 0 Å². The first-order valence-corrected chi connectivity index (χ1v) is 8.81. The first-order chi connectivity index (χ1) is 13.1. The first kappa shape index (κ1) is 17.0. The van der Waals surface area contributed by atoms with Crippen molar-refractivity contribution in [2.24, 2.45) is 5.73 Å². The Labute approximate surface area is 156 Å². The van der Waals surface area contributed by atoms with Crippen LogP contribution in [0.15, 0.2) is 47.1 Å². The van der Waals surface area contributed by atoms with Gasteiger partial charge in [0, 0.05) is 30.5 Å². The van der Waals surface area contributed by atoms with Gasteiger partial charge in [-0.05, 0) is 37.6 Å². The van der Waals surface area contributed by atoms with E-state index in [0.29, 0.717) is 18.3 Å². The summed E-state index contributed by atoms with van der Waals surface area (Å²) in [5.41, 5.74) is 8.53. The number of pyridine rings is 1. The van der Waals surface area contributed by atoms with Crippen LogP contribution in [-0.2, 0) is 0 Å². The lowest BCUT2D eigenvalue weighted by Gasteiger charge is -2.14. The lowest BCUT2D eigenvalue weighted by molar-refractivity contribution is 0.354. The zero-order chi connectivity index (χ0) is 18.8. The molecule has 1 aromatic carbocycles. The minimum atomic E-state index is 0.0816. The second-order valence-electron chi connectivity index (χ2n) is 6.70. The molecule has 4 N–H and O–H groups in total. The summed E-state index contributed by atoms with van der Waals surface area (Å²) >= 11 is 0. The van der Waals surface area contributed by atoms with Crippen molar-refractivity contribution in [1.82, 2.24) is 20.0 Å². The quantitative estimate of drug-likeness (QED) is 0.482. The van der Waals surface area contributed by atoms with Crippen molar-refractivity contribution in [3.63, 3.8) is 0 Å². The van der Waals surface area contributed by atoms with Gasteiger partial charge < -0.3 is 20.5 Å². The number of hydrogen-bond acceptors (Lipinski definition) is 6. The Bertz CT molecular complexity index is 933. The number of nitrogens with zero attached hydrogens (tertiary/aromatic N) is 4. The summed E-state index contributed by atoms with van der Waals surface area (Å²) in [5.74, 6) is 2.03. The van der Waals surface area contributed by atoms with E-state index in [1.807, 2.05) is 41.3 Å². The van der Waals surface area contributed by atoms with Crippen LogP contribution in [0.2, 0.25) is 0 Å². The molecule has 1 aliphatic heterocycles. The summed E-state index contributed by atoms with van der Waals surface area (Å²) in [4.78, 5) is 10.7. The molecule has 27 heavy (non-hydrogen) atoms. The van der Waals surface area contributed by atoms with E-state index in [4.69, 9.17) is 15.7 Å². The van der Waals surface area contributed by atoms with Crippen molar-refractivity contribution >= 4 is 17.5 Å². The lowest BCUT2D eigenvalue weighted by atomic mass is 10.1. The van der Waals surface area contributed by atoms with Crippen LogP contribution in [-0.4, -0.2) is 39.1 Å². The van der Waals surface area contributed by atoms with Crippen molar-refractivity contribution in [2.45, 2.75) is 19.3 Å². The van der Waals surface area contributed by atoms with Crippen LogP contribution in [0.1, 0.15) is 23.8 Å². The molecule has 8 nitrogen and oxygen atoms in total. The number of benzene rings is 1. The van der Waals surface area contributed by atoms with Crippen molar-refractivity contribution in [2.75, 3.05) is 18.4 Å². The minimum Gasteiger partial charge on any atom is -0.370 e. The fourth-order valence-electron chi connectivity index (χ4n) is 3.08. The van der Waals surface area contributed by atoms with Crippen molar-refractivity contribution < 1.29 is 4.52 Å². The molecule has 8 heteroatoms. The van der Waals surface area contributed by atoms with Gasteiger partial charge in [-0.1, -0.05) is 22.9 Å². The molecule has 1 saturated heterocycles. The smallest absolute Gasteiger partial charge is 0.231 e. The third-order valence-electron chi connectivity index (χ3n) is 4.67. The van der Waals surface area contributed by atoms with Gasteiger partial charge in [0.25, 0.3) is 0 Å². The van der Waals surface area contributed by atoms with Gasteiger partial charge in [0.2, 0.25) is 11.7 Å². The summed E-state index contributed by atoms with van der Waals surface area (Å²) in [5, 5.41) is 14.9. The van der Waals surface area contributed by atoms with Crippen LogP contribution >= 0.6 is 0 Å². The zero-order valence-electron chi connectivity index (χ0n) is 15.0. The Morgan fingerprint density at radius 3 is 2.74 bits per heavy atom. The molecule has 2 aromatic heterocycles. The molecule has 138 valence electrons. The molecule has 0 unspecified atom stereocenters. The molecule has 3 aromatic rings. The highest BCUT2D eigenvalue weighted by molar-refractivity contribution is 5.75. The summed E-state index contributed by atoms with van der Waals surface area (Å²) in [6.45, 7) is 3.42. The Hall–Kier alpha value is -3.42. The Morgan fingerprint density at radius 1 is 1.26 bits per heavy atom.